The zero-order valence-corrected chi connectivity index (χ0v) is 27.1. The Kier molecular flexibility index (Phi) is 5.35. The Labute approximate surface area is 300 Å². The molecular formula is C45H27N3OS. The van der Waals surface area contributed by atoms with Gasteiger partial charge >= 0.3 is 0 Å². The van der Waals surface area contributed by atoms with Crippen LogP contribution in [0, 0.1) is 0 Å². The first kappa shape index (κ1) is 23.0. The predicted molar refractivity (Wildman–Crippen MR) is 207 cm³/mol. The Bertz CT molecular complexity index is 3210. The Morgan fingerprint density at radius 2 is 1.08 bits per heavy atom. The third kappa shape index (κ3) is 4.79. The highest BCUT2D eigenvalue weighted by Crippen LogP contribution is 2.42. The first-order valence-electron chi connectivity index (χ1n) is 19.1. The van der Waals surface area contributed by atoms with Crippen LogP contribution in [0.2, 0.25) is 0 Å². The van der Waals surface area contributed by atoms with Crippen molar-refractivity contribution in [3.8, 4) is 56.4 Å². The molecule has 7 aromatic carbocycles. The average Bonchev–Trinajstić information content (AvgIpc) is 3.83. The van der Waals surface area contributed by atoms with Crippen LogP contribution in [0.15, 0.2) is 168 Å². The molecule has 0 bridgehead atoms. The van der Waals surface area contributed by atoms with Crippen LogP contribution in [0.25, 0.3) is 98.5 Å². The van der Waals surface area contributed by atoms with E-state index < -0.39 is 0 Å². The summed E-state index contributed by atoms with van der Waals surface area (Å²) in [6.07, 6.45) is 0. The molecule has 234 valence electrons. The van der Waals surface area contributed by atoms with Crippen molar-refractivity contribution in [1.82, 2.24) is 15.0 Å². The lowest BCUT2D eigenvalue weighted by atomic mass is 9.97. The Balaban J connectivity index is 1.26. The molecule has 50 heavy (non-hydrogen) atoms. The van der Waals surface area contributed by atoms with Crippen LogP contribution in [-0.4, -0.2) is 15.0 Å². The van der Waals surface area contributed by atoms with E-state index in [4.69, 9.17) is 23.5 Å². The quantitative estimate of drug-likeness (QED) is 0.184. The largest absolute Gasteiger partial charge is 0.456 e. The lowest BCUT2D eigenvalue weighted by Gasteiger charge is -2.11. The van der Waals surface area contributed by atoms with Crippen LogP contribution in [0.4, 0.5) is 0 Å². The van der Waals surface area contributed by atoms with Crippen molar-refractivity contribution >= 4 is 53.4 Å². The third-order valence-corrected chi connectivity index (χ3v) is 9.87. The van der Waals surface area contributed by atoms with Crippen LogP contribution in [-0.2, 0) is 0 Å². The maximum absolute atomic E-state index is 9.60. The summed E-state index contributed by atoms with van der Waals surface area (Å²) in [7, 11) is 0. The molecule has 0 N–H and O–H groups in total. The third-order valence-electron chi connectivity index (χ3n) is 8.85. The molecule has 0 radical (unpaired) electrons. The van der Waals surface area contributed by atoms with E-state index >= 15 is 0 Å². The average molecular weight is 664 g/mol. The molecule has 0 saturated heterocycles. The second-order valence-electron chi connectivity index (χ2n) is 11.9. The zero-order valence-electron chi connectivity index (χ0n) is 32.3. The summed E-state index contributed by atoms with van der Waals surface area (Å²) < 4.78 is 62.0. The van der Waals surface area contributed by atoms with Gasteiger partial charge in [0.05, 0.1) is 8.22 Å². The Morgan fingerprint density at radius 1 is 0.460 bits per heavy atom. The van der Waals surface area contributed by atoms with Crippen LogP contribution >= 0.6 is 11.3 Å². The van der Waals surface area contributed by atoms with Gasteiger partial charge in [-0.2, -0.15) is 0 Å². The fourth-order valence-electron chi connectivity index (χ4n) is 6.54. The molecule has 5 heteroatoms. The Hall–Kier alpha value is -6.43. The number of furan rings is 1. The molecule has 0 spiro atoms. The maximum atomic E-state index is 9.60. The van der Waals surface area contributed by atoms with Crippen molar-refractivity contribution in [1.29, 1.82) is 0 Å². The van der Waals surface area contributed by atoms with Gasteiger partial charge in [-0.15, -0.1) is 11.3 Å². The molecule has 0 atom stereocenters. The number of hydrogen-bond donors (Lipinski definition) is 0. The van der Waals surface area contributed by atoms with Crippen LogP contribution in [0.5, 0.6) is 0 Å². The van der Waals surface area contributed by atoms with Gasteiger partial charge in [-0.05, 0) is 52.5 Å². The van der Waals surface area contributed by atoms with E-state index in [2.05, 4.69) is 0 Å². The van der Waals surface area contributed by atoms with E-state index in [1.165, 1.54) is 0 Å². The lowest BCUT2D eigenvalue weighted by molar-refractivity contribution is 0.669. The summed E-state index contributed by atoms with van der Waals surface area (Å²) in [6, 6.07) is 39.4. The molecule has 10 rings (SSSR count). The smallest absolute Gasteiger partial charge is 0.164 e. The molecule has 0 fully saturated rings. The summed E-state index contributed by atoms with van der Waals surface area (Å²) in [5, 5.41) is 2.66. The minimum atomic E-state index is -0.261. The molecule has 0 aliphatic carbocycles. The highest BCUT2D eigenvalue weighted by molar-refractivity contribution is 7.26. The fourth-order valence-corrected chi connectivity index (χ4v) is 7.56. The van der Waals surface area contributed by atoms with Crippen molar-refractivity contribution in [3.05, 3.63) is 164 Å². The lowest BCUT2D eigenvalue weighted by Crippen LogP contribution is -2.00. The fraction of sp³-hybridized carbons (Fsp3) is 0. The number of fused-ring (bicyclic) bond motifs is 6. The number of hydrogen-bond acceptors (Lipinski definition) is 5. The Morgan fingerprint density at radius 3 is 1.82 bits per heavy atom. The molecule has 0 aliphatic rings. The van der Waals surface area contributed by atoms with E-state index in [1.807, 2.05) is 127 Å². The van der Waals surface area contributed by atoms with Crippen LogP contribution in [0.3, 0.4) is 0 Å². The second-order valence-corrected chi connectivity index (χ2v) is 12.9. The zero-order chi connectivity index (χ0) is 38.2. The molecule has 3 aromatic heterocycles. The van der Waals surface area contributed by atoms with Crippen molar-refractivity contribution in [2.75, 3.05) is 0 Å². The summed E-state index contributed by atoms with van der Waals surface area (Å²) in [6.45, 7) is 0. The van der Waals surface area contributed by atoms with E-state index in [9.17, 15) is 4.11 Å². The highest BCUT2D eigenvalue weighted by Gasteiger charge is 2.19. The van der Waals surface area contributed by atoms with Gasteiger partial charge in [0.15, 0.2) is 17.5 Å². The van der Waals surface area contributed by atoms with Crippen LogP contribution in [0.1, 0.15) is 8.22 Å². The number of thiophene rings is 1. The monoisotopic (exact) mass is 663 g/mol. The number of para-hydroxylation sites is 1. The van der Waals surface area contributed by atoms with Gasteiger partial charge in [0.1, 0.15) is 11.2 Å². The van der Waals surface area contributed by atoms with Crippen LogP contribution < -0.4 is 0 Å². The number of benzene rings is 7. The molecule has 10 aromatic rings. The first-order chi connectivity index (χ1) is 27.3. The number of aromatic nitrogens is 3. The number of nitrogens with zero attached hydrogens (tertiary/aromatic N) is 3. The molecule has 0 amide bonds. The molecule has 4 nitrogen and oxygen atoms in total. The van der Waals surface area contributed by atoms with E-state index in [0.717, 1.165) is 38.8 Å². The molecule has 0 unspecified atom stereocenters. The predicted octanol–water partition coefficient (Wildman–Crippen LogP) is 12.5. The summed E-state index contributed by atoms with van der Waals surface area (Å²) in [5.74, 6) is 0.683. The van der Waals surface area contributed by atoms with Gasteiger partial charge in [-0.25, -0.2) is 15.0 Å². The van der Waals surface area contributed by atoms with Gasteiger partial charge in [0, 0.05) is 47.6 Å². The van der Waals surface area contributed by atoms with E-state index in [0.29, 0.717) is 59.7 Å². The van der Waals surface area contributed by atoms with Crippen molar-refractivity contribution in [3.63, 3.8) is 0 Å². The minimum Gasteiger partial charge on any atom is -0.456 e. The van der Waals surface area contributed by atoms with Gasteiger partial charge in [0.25, 0.3) is 0 Å². The summed E-state index contributed by atoms with van der Waals surface area (Å²) in [5.41, 5.74) is 5.75. The van der Waals surface area contributed by atoms with Crippen molar-refractivity contribution in [2.24, 2.45) is 0 Å². The van der Waals surface area contributed by atoms with Gasteiger partial charge in [0.2, 0.25) is 0 Å². The molecular weight excluding hydrogens is 631 g/mol. The summed E-state index contributed by atoms with van der Waals surface area (Å²) >= 11 is 1.12. The van der Waals surface area contributed by atoms with Crippen molar-refractivity contribution < 1.29 is 12.6 Å². The molecule has 0 aliphatic heterocycles. The topological polar surface area (TPSA) is 51.8 Å². The van der Waals surface area contributed by atoms with Gasteiger partial charge < -0.3 is 4.42 Å². The van der Waals surface area contributed by atoms with Gasteiger partial charge in [-0.3, -0.25) is 0 Å². The highest BCUT2D eigenvalue weighted by atomic mass is 32.1. The normalized spacial score (nSPS) is 13.3. The van der Waals surface area contributed by atoms with Crippen molar-refractivity contribution in [2.45, 2.75) is 0 Å². The standard InChI is InChI=1S/C45H27N3OS/c1-4-13-28(14-5-1)33-20-12-22-39-42(33)35-24-23-31(27-40(35)50-39)44-46-43(30-17-8-3-9-18-30)47-45(48-44)32-25-36(29-15-6-2-7-16-29)41-34-19-10-11-21-37(34)49-38(41)26-32/h1-27H/i12D,20D,22D,23D,24D,27D. The number of rotatable bonds is 5. The second kappa shape index (κ2) is 11.6. The van der Waals surface area contributed by atoms with E-state index in [1.54, 1.807) is 0 Å². The first-order valence-corrected chi connectivity index (χ1v) is 16.9. The SMILES string of the molecule is [2H]c1c([2H])c(-c2ccccc2)c2c(sc3c([2H])c(-c4nc(-c5ccccc5)nc(-c5cc(-c6ccccc6)c6c(c5)oc5ccccc56)n4)c([2H])c([2H])c32)c1[2H]. The minimum absolute atomic E-state index is 0.0490. The maximum Gasteiger partial charge on any atom is 0.164 e. The van der Waals surface area contributed by atoms with Gasteiger partial charge in [-0.1, -0.05) is 133 Å². The molecule has 0 saturated carbocycles. The molecule has 3 heterocycles. The summed E-state index contributed by atoms with van der Waals surface area (Å²) in [4.78, 5) is 14.8. The van der Waals surface area contributed by atoms with E-state index in [-0.39, 0.29) is 47.6 Å².